The number of aromatic nitrogens is 3. The van der Waals surface area contributed by atoms with Crippen LogP contribution in [-0.2, 0) is 0 Å². The predicted molar refractivity (Wildman–Crippen MR) is 87.8 cm³/mol. The number of fused-ring (bicyclic) bond motifs is 1. The van der Waals surface area contributed by atoms with Crippen LogP contribution in [0, 0.1) is 12.8 Å². The molecule has 4 rings (SSSR count). The van der Waals surface area contributed by atoms with Gasteiger partial charge in [-0.05, 0) is 44.4 Å². The largest absolute Gasteiger partial charge is 0.492 e. The van der Waals surface area contributed by atoms with Crippen LogP contribution in [-0.4, -0.2) is 37.7 Å². The normalized spacial score (nSPS) is 21.0. The first-order valence-electron chi connectivity index (χ1n) is 7.96. The van der Waals surface area contributed by atoms with Crippen LogP contribution in [0.25, 0.3) is 4.96 Å². The lowest BCUT2D eigenvalue weighted by atomic mass is 9.97. The Hall–Kier alpha value is -1.86. The first kappa shape index (κ1) is 14.7. The Balaban J connectivity index is 1.80. The Labute approximate surface area is 138 Å². The van der Waals surface area contributed by atoms with Crippen LogP contribution in [0.3, 0.4) is 0 Å². The van der Waals surface area contributed by atoms with Crippen molar-refractivity contribution in [1.29, 1.82) is 0 Å². The lowest BCUT2D eigenvalue weighted by Gasteiger charge is -2.35. The second-order valence-electron chi connectivity index (χ2n) is 6.30. The summed E-state index contributed by atoms with van der Waals surface area (Å²) >= 11 is 1.48. The summed E-state index contributed by atoms with van der Waals surface area (Å²) in [5.41, 5.74) is 0. The van der Waals surface area contributed by atoms with Crippen molar-refractivity contribution in [2.24, 2.45) is 5.92 Å². The molecule has 3 aromatic heterocycles. The van der Waals surface area contributed by atoms with E-state index in [1.165, 1.54) is 28.7 Å². The molecule has 0 saturated carbocycles. The number of furan rings is 1. The quantitative estimate of drug-likeness (QED) is 0.798. The maximum absolute atomic E-state index is 10.7. The summed E-state index contributed by atoms with van der Waals surface area (Å²) < 4.78 is 7.22. The average Bonchev–Trinajstić information content (AvgIpc) is 3.21. The number of nitrogens with zero attached hydrogens (tertiary/aromatic N) is 4. The van der Waals surface area contributed by atoms with E-state index in [0.717, 1.165) is 28.7 Å². The molecule has 1 aliphatic heterocycles. The van der Waals surface area contributed by atoms with E-state index in [2.05, 4.69) is 21.9 Å². The zero-order chi connectivity index (χ0) is 16.0. The number of thiazole rings is 1. The second-order valence-corrected chi connectivity index (χ2v) is 7.31. The van der Waals surface area contributed by atoms with Gasteiger partial charge in [-0.3, -0.25) is 4.90 Å². The number of likely N-dealkylation sites (tertiary alicyclic amines) is 1. The zero-order valence-electron chi connectivity index (χ0n) is 13.3. The molecular formula is C16H20N4O2S. The van der Waals surface area contributed by atoms with Gasteiger partial charge in [0.2, 0.25) is 10.8 Å². The Bertz CT molecular complexity index is 808. The molecule has 0 unspecified atom stereocenters. The van der Waals surface area contributed by atoms with Crippen molar-refractivity contribution in [1.82, 2.24) is 19.5 Å². The molecule has 1 saturated heterocycles. The maximum atomic E-state index is 10.7. The van der Waals surface area contributed by atoms with E-state index in [-0.39, 0.29) is 11.9 Å². The van der Waals surface area contributed by atoms with Gasteiger partial charge in [-0.15, -0.1) is 5.10 Å². The summed E-state index contributed by atoms with van der Waals surface area (Å²) in [4.78, 5) is 8.34. The molecule has 0 amide bonds. The van der Waals surface area contributed by atoms with Gasteiger partial charge in [0.15, 0.2) is 0 Å². The molecule has 0 radical (unpaired) electrons. The third-order valence-corrected chi connectivity index (χ3v) is 5.49. The fourth-order valence-corrected chi connectivity index (χ4v) is 4.55. The van der Waals surface area contributed by atoms with Crippen LogP contribution in [0.15, 0.2) is 22.8 Å². The fraction of sp³-hybridized carbons (Fsp3) is 0.500. The van der Waals surface area contributed by atoms with E-state index in [1.54, 1.807) is 6.26 Å². The third-order valence-electron chi connectivity index (χ3n) is 4.42. The lowest BCUT2D eigenvalue weighted by Crippen LogP contribution is -2.37. The summed E-state index contributed by atoms with van der Waals surface area (Å²) in [6.45, 7) is 6.10. The van der Waals surface area contributed by atoms with E-state index >= 15 is 0 Å². The van der Waals surface area contributed by atoms with Crippen LogP contribution in [0.2, 0.25) is 0 Å². The molecule has 1 N–H and O–H groups in total. The van der Waals surface area contributed by atoms with Crippen molar-refractivity contribution in [3.05, 3.63) is 34.9 Å². The minimum Gasteiger partial charge on any atom is -0.492 e. The van der Waals surface area contributed by atoms with Crippen molar-refractivity contribution >= 4 is 16.3 Å². The first-order chi connectivity index (χ1) is 11.1. The summed E-state index contributed by atoms with van der Waals surface area (Å²) in [7, 11) is 0. The Morgan fingerprint density at radius 2 is 2.35 bits per heavy atom. The van der Waals surface area contributed by atoms with Gasteiger partial charge in [0.25, 0.3) is 0 Å². The van der Waals surface area contributed by atoms with Gasteiger partial charge < -0.3 is 9.52 Å². The molecule has 23 heavy (non-hydrogen) atoms. The van der Waals surface area contributed by atoms with E-state index in [9.17, 15) is 5.11 Å². The Kier molecular flexibility index (Phi) is 3.61. The van der Waals surface area contributed by atoms with Crippen LogP contribution in [0.1, 0.15) is 42.3 Å². The molecule has 122 valence electrons. The number of hydrogen-bond donors (Lipinski definition) is 1. The highest BCUT2D eigenvalue weighted by molar-refractivity contribution is 7.17. The zero-order valence-corrected chi connectivity index (χ0v) is 14.1. The fourth-order valence-electron chi connectivity index (χ4n) is 3.41. The van der Waals surface area contributed by atoms with Crippen LogP contribution in [0.5, 0.6) is 5.88 Å². The highest BCUT2D eigenvalue weighted by atomic mass is 32.1. The Morgan fingerprint density at radius 3 is 3.04 bits per heavy atom. The van der Waals surface area contributed by atoms with Gasteiger partial charge in [0, 0.05) is 6.54 Å². The van der Waals surface area contributed by atoms with E-state index in [4.69, 9.17) is 4.42 Å². The summed E-state index contributed by atoms with van der Waals surface area (Å²) in [6, 6.07) is 3.79. The van der Waals surface area contributed by atoms with Gasteiger partial charge in [-0.2, -0.15) is 4.52 Å². The highest BCUT2D eigenvalue weighted by Gasteiger charge is 2.33. The van der Waals surface area contributed by atoms with Gasteiger partial charge in [-0.25, -0.2) is 4.98 Å². The van der Waals surface area contributed by atoms with Gasteiger partial charge in [0.1, 0.15) is 17.6 Å². The number of aryl methyl sites for hydroxylation is 1. The standard InChI is InChI=1S/C16H20N4O2S/c1-10-5-3-7-19(9-10)13(12-6-4-8-22-12)14-15(21)20-16(23-14)17-11(2)18-20/h4,6,8,10,13,21H,3,5,7,9H2,1-2H3/t10-,13+/m0/s1. The summed E-state index contributed by atoms with van der Waals surface area (Å²) in [6.07, 6.45) is 4.11. The van der Waals surface area contributed by atoms with Crippen molar-refractivity contribution in [3.63, 3.8) is 0 Å². The molecule has 0 aliphatic carbocycles. The second kappa shape index (κ2) is 5.65. The molecule has 6 nitrogen and oxygen atoms in total. The predicted octanol–water partition coefficient (Wildman–Crippen LogP) is 3.22. The molecule has 3 aromatic rings. The lowest BCUT2D eigenvalue weighted by molar-refractivity contribution is 0.136. The molecule has 2 atom stereocenters. The SMILES string of the molecule is Cc1nc2sc([C@@H](c3ccco3)N3CCC[C@H](C)C3)c(O)n2n1. The summed E-state index contributed by atoms with van der Waals surface area (Å²) in [5, 5.41) is 14.9. The van der Waals surface area contributed by atoms with E-state index in [1.807, 2.05) is 19.1 Å². The van der Waals surface area contributed by atoms with Gasteiger partial charge >= 0.3 is 0 Å². The van der Waals surface area contributed by atoms with Gasteiger partial charge in [-0.1, -0.05) is 18.3 Å². The van der Waals surface area contributed by atoms with E-state index in [0.29, 0.717) is 11.7 Å². The molecule has 4 heterocycles. The number of rotatable bonds is 3. The van der Waals surface area contributed by atoms with Crippen molar-refractivity contribution < 1.29 is 9.52 Å². The molecule has 7 heteroatoms. The highest BCUT2D eigenvalue weighted by Crippen LogP contribution is 2.41. The number of piperidine rings is 1. The van der Waals surface area contributed by atoms with Gasteiger partial charge in [0.05, 0.1) is 11.1 Å². The third kappa shape index (κ3) is 2.53. The molecule has 1 aliphatic rings. The van der Waals surface area contributed by atoms with Crippen LogP contribution >= 0.6 is 11.3 Å². The topological polar surface area (TPSA) is 66.8 Å². The minimum absolute atomic E-state index is 0.0819. The monoisotopic (exact) mass is 332 g/mol. The first-order valence-corrected chi connectivity index (χ1v) is 8.77. The van der Waals surface area contributed by atoms with Crippen molar-refractivity contribution in [2.75, 3.05) is 13.1 Å². The summed E-state index contributed by atoms with van der Waals surface area (Å²) in [5.74, 6) is 2.34. The molecule has 0 spiro atoms. The molecule has 0 aromatic carbocycles. The van der Waals surface area contributed by atoms with Crippen molar-refractivity contribution in [2.45, 2.75) is 32.7 Å². The number of aromatic hydroxyl groups is 1. The molecular weight excluding hydrogens is 312 g/mol. The van der Waals surface area contributed by atoms with E-state index < -0.39 is 0 Å². The van der Waals surface area contributed by atoms with Crippen molar-refractivity contribution in [3.8, 4) is 5.88 Å². The maximum Gasteiger partial charge on any atom is 0.230 e. The Morgan fingerprint density at radius 1 is 1.48 bits per heavy atom. The van der Waals surface area contributed by atoms with Crippen LogP contribution in [0.4, 0.5) is 0 Å². The molecule has 1 fully saturated rings. The smallest absolute Gasteiger partial charge is 0.230 e. The minimum atomic E-state index is -0.0819. The molecule has 0 bridgehead atoms. The van der Waals surface area contributed by atoms with Crippen LogP contribution < -0.4 is 0 Å². The average molecular weight is 332 g/mol. The number of hydrogen-bond acceptors (Lipinski definition) is 6.